The largest absolute Gasteiger partial charge is 0.368 e. The van der Waals surface area contributed by atoms with Gasteiger partial charge < -0.3 is 9.84 Å². The Morgan fingerprint density at radius 3 is 2.60 bits per heavy atom. The van der Waals surface area contributed by atoms with E-state index >= 15 is 0 Å². The van der Waals surface area contributed by atoms with Gasteiger partial charge in [-0.15, -0.1) is 0 Å². The van der Waals surface area contributed by atoms with Crippen LogP contribution in [0, 0.1) is 28.6 Å². The van der Waals surface area contributed by atoms with Crippen LogP contribution in [0.15, 0.2) is 0 Å². The van der Waals surface area contributed by atoms with Crippen molar-refractivity contribution in [3.05, 3.63) is 0 Å². The van der Waals surface area contributed by atoms with Gasteiger partial charge in [0.25, 0.3) is 0 Å². The molecule has 0 bridgehead atoms. The Bertz CT molecular complexity index is 395. The van der Waals surface area contributed by atoms with Crippen molar-refractivity contribution in [2.24, 2.45) is 28.6 Å². The van der Waals surface area contributed by atoms with Crippen molar-refractivity contribution in [1.29, 1.82) is 0 Å². The van der Waals surface area contributed by atoms with Crippen LogP contribution in [0.25, 0.3) is 0 Å². The van der Waals surface area contributed by atoms with Gasteiger partial charge in [-0.25, -0.2) is 0 Å². The minimum absolute atomic E-state index is 0.318. The van der Waals surface area contributed by atoms with E-state index in [4.69, 9.17) is 4.74 Å². The van der Waals surface area contributed by atoms with Crippen molar-refractivity contribution in [3.8, 4) is 0 Å². The SMILES string of the molecule is C[C@@]12CCC[C@H]1[C@@H]1CC[C@H]3O[C@H](O)CC[C@]3(C)[C@H]1CC2. The van der Waals surface area contributed by atoms with Gasteiger partial charge >= 0.3 is 0 Å². The molecule has 2 heteroatoms. The summed E-state index contributed by atoms with van der Waals surface area (Å²) >= 11 is 0. The Hall–Kier alpha value is -0.0800. The monoisotopic (exact) mass is 278 g/mol. The van der Waals surface area contributed by atoms with Crippen molar-refractivity contribution in [1.82, 2.24) is 0 Å². The molecule has 1 N–H and O–H groups in total. The number of ether oxygens (including phenoxy) is 1. The van der Waals surface area contributed by atoms with Crippen molar-refractivity contribution >= 4 is 0 Å². The van der Waals surface area contributed by atoms with Gasteiger partial charge in [0.05, 0.1) is 6.10 Å². The Morgan fingerprint density at radius 2 is 1.75 bits per heavy atom. The number of aliphatic hydroxyl groups is 1. The highest BCUT2D eigenvalue weighted by atomic mass is 16.6. The molecular formula is C18H30O2. The summed E-state index contributed by atoms with van der Waals surface area (Å²) in [7, 11) is 0. The van der Waals surface area contributed by atoms with Crippen molar-refractivity contribution in [3.63, 3.8) is 0 Å². The zero-order valence-corrected chi connectivity index (χ0v) is 13.1. The molecule has 4 rings (SSSR count). The number of hydrogen-bond acceptors (Lipinski definition) is 2. The minimum atomic E-state index is -0.495. The number of rotatable bonds is 0. The molecule has 4 aliphatic rings. The average Bonchev–Trinajstić information content (AvgIpc) is 2.81. The summed E-state index contributed by atoms with van der Waals surface area (Å²) in [6.07, 6.45) is 11.6. The molecule has 1 aliphatic heterocycles. The summed E-state index contributed by atoms with van der Waals surface area (Å²) < 4.78 is 5.93. The second kappa shape index (κ2) is 4.46. The average molecular weight is 278 g/mol. The highest BCUT2D eigenvalue weighted by Crippen LogP contribution is 2.64. The highest BCUT2D eigenvalue weighted by molar-refractivity contribution is 5.07. The highest BCUT2D eigenvalue weighted by Gasteiger charge is 2.58. The fourth-order valence-corrected chi connectivity index (χ4v) is 6.68. The lowest BCUT2D eigenvalue weighted by Crippen LogP contribution is -2.56. The van der Waals surface area contributed by atoms with Gasteiger partial charge in [0.2, 0.25) is 0 Å². The van der Waals surface area contributed by atoms with Crippen LogP contribution in [-0.4, -0.2) is 17.5 Å². The van der Waals surface area contributed by atoms with Gasteiger partial charge in [0, 0.05) is 0 Å². The third-order valence-electron chi connectivity index (χ3n) is 7.81. The molecule has 3 aliphatic carbocycles. The summed E-state index contributed by atoms with van der Waals surface area (Å²) in [5, 5.41) is 9.83. The van der Waals surface area contributed by atoms with Gasteiger partial charge in [0.1, 0.15) is 0 Å². The second-order valence-electron chi connectivity index (χ2n) is 8.66. The summed E-state index contributed by atoms with van der Waals surface area (Å²) in [6, 6.07) is 0. The maximum absolute atomic E-state index is 9.83. The molecule has 0 aromatic heterocycles. The molecule has 0 spiro atoms. The molecule has 114 valence electrons. The maximum atomic E-state index is 9.83. The molecule has 0 aromatic rings. The fraction of sp³-hybridized carbons (Fsp3) is 1.00. The van der Waals surface area contributed by atoms with E-state index in [2.05, 4.69) is 13.8 Å². The third-order valence-corrected chi connectivity index (χ3v) is 7.81. The van der Waals surface area contributed by atoms with Crippen molar-refractivity contribution < 1.29 is 9.84 Å². The lowest BCUT2D eigenvalue weighted by molar-refractivity contribution is -0.247. The zero-order valence-electron chi connectivity index (χ0n) is 13.1. The molecule has 4 fully saturated rings. The number of fused-ring (bicyclic) bond motifs is 5. The first-order valence-corrected chi connectivity index (χ1v) is 8.86. The van der Waals surface area contributed by atoms with Crippen LogP contribution in [-0.2, 0) is 4.74 Å². The predicted octanol–water partition coefficient (Wildman–Crippen LogP) is 4.12. The Morgan fingerprint density at radius 1 is 0.900 bits per heavy atom. The van der Waals surface area contributed by atoms with Crippen molar-refractivity contribution in [2.75, 3.05) is 0 Å². The van der Waals surface area contributed by atoms with E-state index in [1.54, 1.807) is 0 Å². The molecule has 0 unspecified atom stereocenters. The van der Waals surface area contributed by atoms with E-state index < -0.39 is 6.29 Å². The van der Waals surface area contributed by atoms with Crippen LogP contribution in [0.4, 0.5) is 0 Å². The van der Waals surface area contributed by atoms with Crippen LogP contribution in [0.2, 0.25) is 0 Å². The molecular weight excluding hydrogens is 248 g/mol. The zero-order chi connectivity index (χ0) is 14.0. The van der Waals surface area contributed by atoms with Crippen molar-refractivity contribution in [2.45, 2.75) is 84.0 Å². The second-order valence-corrected chi connectivity index (χ2v) is 8.66. The van der Waals surface area contributed by atoms with E-state index in [1.807, 2.05) is 0 Å². The Labute approximate surface area is 123 Å². The van der Waals surface area contributed by atoms with Crippen LogP contribution < -0.4 is 0 Å². The summed E-state index contributed by atoms with van der Waals surface area (Å²) in [5.74, 6) is 2.77. The topological polar surface area (TPSA) is 29.5 Å². The first-order chi connectivity index (χ1) is 9.53. The quantitative estimate of drug-likeness (QED) is 0.722. The molecule has 2 nitrogen and oxygen atoms in total. The van der Waals surface area contributed by atoms with Crippen LogP contribution >= 0.6 is 0 Å². The summed E-state index contributed by atoms with van der Waals surface area (Å²) in [4.78, 5) is 0. The third kappa shape index (κ3) is 1.76. The summed E-state index contributed by atoms with van der Waals surface area (Å²) in [6.45, 7) is 5.04. The lowest BCUT2D eigenvalue weighted by Gasteiger charge is -2.59. The number of hydrogen-bond donors (Lipinski definition) is 1. The smallest absolute Gasteiger partial charge is 0.154 e. The molecule has 0 aromatic carbocycles. The van der Waals surface area contributed by atoms with E-state index in [9.17, 15) is 5.11 Å². The van der Waals surface area contributed by atoms with Gasteiger partial charge in [-0.3, -0.25) is 0 Å². The fourth-order valence-electron chi connectivity index (χ4n) is 6.68. The lowest BCUT2D eigenvalue weighted by atomic mass is 9.48. The molecule has 7 atom stereocenters. The molecule has 20 heavy (non-hydrogen) atoms. The van der Waals surface area contributed by atoms with Crippen LogP contribution in [0.5, 0.6) is 0 Å². The maximum Gasteiger partial charge on any atom is 0.154 e. The van der Waals surface area contributed by atoms with E-state index in [1.165, 1.54) is 51.4 Å². The first kappa shape index (κ1) is 13.6. The van der Waals surface area contributed by atoms with Gasteiger partial charge in [0.15, 0.2) is 6.29 Å². The Kier molecular flexibility index (Phi) is 3.03. The van der Waals surface area contributed by atoms with E-state index in [0.29, 0.717) is 16.9 Å². The van der Waals surface area contributed by atoms with E-state index in [-0.39, 0.29) is 0 Å². The summed E-state index contributed by atoms with van der Waals surface area (Å²) in [5.41, 5.74) is 0.992. The molecule has 0 radical (unpaired) electrons. The van der Waals surface area contributed by atoms with Crippen LogP contribution in [0.1, 0.15) is 71.6 Å². The molecule has 0 amide bonds. The van der Waals surface area contributed by atoms with Crippen LogP contribution in [0.3, 0.4) is 0 Å². The molecule has 1 saturated heterocycles. The predicted molar refractivity (Wildman–Crippen MR) is 79.1 cm³/mol. The van der Waals surface area contributed by atoms with Gasteiger partial charge in [-0.05, 0) is 80.0 Å². The normalized spacial score (nSPS) is 58.6. The first-order valence-electron chi connectivity index (χ1n) is 8.86. The Balaban J connectivity index is 1.62. The minimum Gasteiger partial charge on any atom is -0.368 e. The molecule has 1 heterocycles. The number of aliphatic hydroxyl groups excluding tert-OH is 1. The standard InChI is InChI=1S/C18H30O2/c1-17-9-3-4-13(17)12-5-6-15-18(2,14(12)7-10-17)11-8-16(19)20-15/h12-16,19H,3-11H2,1-2H3/t12-,13-,14-,15+,16-,17-,18+/m0/s1. The molecule has 3 saturated carbocycles. The van der Waals surface area contributed by atoms with Gasteiger partial charge in [-0.1, -0.05) is 20.3 Å². The van der Waals surface area contributed by atoms with E-state index in [0.717, 1.165) is 24.2 Å². The van der Waals surface area contributed by atoms with Gasteiger partial charge in [-0.2, -0.15) is 0 Å².